The van der Waals surface area contributed by atoms with Crippen LogP contribution in [0.3, 0.4) is 0 Å². The highest BCUT2D eigenvalue weighted by atomic mass is 28.3. The van der Waals surface area contributed by atoms with Gasteiger partial charge in [-0.25, -0.2) is 9.59 Å². The lowest BCUT2D eigenvalue weighted by atomic mass is 10.2. The first-order valence-corrected chi connectivity index (χ1v) is 7.60. The van der Waals surface area contributed by atoms with Crippen molar-refractivity contribution >= 4 is 21.0 Å². The average molecular weight is 230 g/mol. The first kappa shape index (κ1) is 13.9. The van der Waals surface area contributed by atoms with Crippen LogP contribution in [0.2, 0.25) is 13.1 Å². The molecule has 0 N–H and O–H groups in total. The fraction of sp³-hybridized carbons (Fsp3) is 0.600. The Balaban J connectivity index is 4.07. The van der Waals surface area contributed by atoms with Crippen LogP contribution >= 0.6 is 0 Å². The summed E-state index contributed by atoms with van der Waals surface area (Å²) in [5.41, 5.74) is -0.544. The van der Waals surface area contributed by atoms with Gasteiger partial charge in [0.2, 0.25) is 9.04 Å². The lowest BCUT2D eigenvalue weighted by Gasteiger charge is -2.17. The molecule has 0 unspecified atom stereocenters. The van der Waals surface area contributed by atoms with E-state index in [1.165, 1.54) is 0 Å². The molecule has 0 aromatic heterocycles. The molecule has 0 saturated heterocycles. The Bertz CT molecular complexity index is 263. The summed E-state index contributed by atoms with van der Waals surface area (Å²) in [7, 11) is -1.39. The van der Waals surface area contributed by atoms with Gasteiger partial charge in [0.1, 0.15) is 5.60 Å². The molecule has 0 aromatic carbocycles. The number of carbonyl (C=O) groups excluding carboxylic acids is 2. The molecular weight excluding hydrogens is 212 g/mol. The van der Waals surface area contributed by atoms with Crippen molar-refractivity contribution in [2.24, 2.45) is 0 Å². The summed E-state index contributed by atoms with van der Waals surface area (Å²) in [6.45, 7) is 9.03. The zero-order valence-electron chi connectivity index (χ0n) is 9.87. The van der Waals surface area contributed by atoms with Crippen molar-refractivity contribution in [3.63, 3.8) is 0 Å². The maximum atomic E-state index is 11.1. The van der Waals surface area contributed by atoms with Gasteiger partial charge in [0.25, 0.3) is 0 Å². The molecule has 0 saturated carbocycles. The van der Waals surface area contributed by atoms with Crippen LogP contribution in [-0.2, 0) is 18.8 Å². The van der Waals surface area contributed by atoms with E-state index in [-0.39, 0.29) is 0 Å². The molecule has 0 bridgehead atoms. The molecule has 0 fully saturated rings. The van der Waals surface area contributed by atoms with Crippen LogP contribution in [0.4, 0.5) is 0 Å². The summed E-state index contributed by atoms with van der Waals surface area (Å²) in [5, 5.41) is 0. The molecule has 0 spiro atoms. The highest BCUT2D eigenvalue weighted by Crippen LogP contribution is 2.07. The number of hydrogen-bond acceptors (Lipinski definition) is 4. The van der Waals surface area contributed by atoms with Crippen LogP contribution in [0.5, 0.6) is 0 Å². The fourth-order valence-electron chi connectivity index (χ4n) is 0.743. The quantitative estimate of drug-likeness (QED) is 0.418. The van der Waals surface area contributed by atoms with Gasteiger partial charge in [-0.15, -0.1) is 0 Å². The van der Waals surface area contributed by atoms with Crippen molar-refractivity contribution < 1.29 is 18.8 Å². The largest absolute Gasteiger partial charge is 0.519 e. The molecule has 5 heteroatoms. The number of hydrogen-bond donors (Lipinski definition) is 0. The van der Waals surface area contributed by atoms with Gasteiger partial charge >= 0.3 is 11.9 Å². The molecule has 86 valence electrons. The Morgan fingerprint density at radius 1 is 1.07 bits per heavy atom. The minimum atomic E-state index is -1.39. The van der Waals surface area contributed by atoms with Gasteiger partial charge in [-0.1, -0.05) is 0 Å². The van der Waals surface area contributed by atoms with Gasteiger partial charge in [-0.2, -0.15) is 0 Å². The topological polar surface area (TPSA) is 52.6 Å². The molecule has 0 aliphatic carbocycles. The first-order valence-electron chi connectivity index (χ1n) is 4.82. The van der Waals surface area contributed by atoms with Crippen LogP contribution in [0.1, 0.15) is 20.8 Å². The third-order valence-corrected chi connectivity index (χ3v) is 1.82. The molecule has 0 aliphatic heterocycles. The van der Waals surface area contributed by atoms with Crippen LogP contribution in [-0.4, -0.2) is 26.6 Å². The number of carbonyl (C=O) groups is 2. The second kappa shape index (κ2) is 5.70. The standard InChI is InChI=1S/C10H18O4Si/c1-10(2,3)13-8(11)6-7-9(12)14-15(4)5/h6-7,15H,1-5H3/b7-6+. The third kappa shape index (κ3) is 9.21. The molecule has 15 heavy (non-hydrogen) atoms. The predicted octanol–water partition coefficient (Wildman–Crippen LogP) is 1.41. The van der Waals surface area contributed by atoms with E-state index in [0.717, 1.165) is 12.2 Å². The maximum Gasteiger partial charge on any atom is 0.331 e. The van der Waals surface area contributed by atoms with Gasteiger partial charge < -0.3 is 9.16 Å². The molecule has 4 nitrogen and oxygen atoms in total. The number of ether oxygens (including phenoxy) is 1. The van der Waals surface area contributed by atoms with E-state index >= 15 is 0 Å². The zero-order valence-corrected chi connectivity index (χ0v) is 11.0. The van der Waals surface area contributed by atoms with E-state index in [1.54, 1.807) is 20.8 Å². The monoisotopic (exact) mass is 230 g/mol. The molecule has 0 aromatic rings. The molecule has 0 amide bonds. The Labute approximate surface area is 92.0 Å². The highest BCUT2D eigenvalue weighted by molar-refractivity contribution is 6.50. The minimum absolute atomic E-state index is 0.484. The SMILES string of the molecule is C[SiH](C)OC(=O)/C=C/C(=O)OC(C)(C)C. The van der Waals surface area contributed by atoms with Crippen LogP contribution in [0.25, 0.3) is 0 Å². The lowest BCUT2D eigenvalue weighted by Crippen LogP contribution is -2.22. The van der Waals surface area contributed by atoms with Crippen molar-refractivity contribution in [1.29, 1.82) is 0 Å². The third-order valence-electron chi connectivity index (χ3n) is 1.11. The normalized spacial score (nSPS) is 11.9. The van der Waals surface area contributed by atoms with Gasteiger partial charge in [0, 0.05) is 12.2 Å². The van der Waals surface area contributed by atoms with Gasteiger partial charge in [-0.3, -0.25) is 0 Å². The van der Waals surface area contributed by atoms with E-state index < -0.39 is 26.6 Å². The summed E-state index contributed by atoms with van der Waals surface area (Å²) in [6.07, 6.45) is 2.19. The summed E-state index contributed by atoms with van der Waals surface area (Å²) >= 11 is 0. The molecule has 0 heterocycles. The Morgan fingerprint density at radius 3 is 1.93 bits per heavy atom. The summed E-state index contributed by atoms with van der Waals surface area (Å²) in [5.74, 6) is -1.02. The van der Waals surface area contributed by atoms with E-state index in [2.05, 4.69) is 0 Å². The predicted molar refractivity (Wildman–Crippen MR) is 60.0 cm³/mol. The van der Waals surface area contributed by atoms with E-state index in [4.69, 9.17) is 9.16 Å². The van der Waals surface area contributed by atoms with Crippen molar-refractivity contribution in [3.8, 4) is 0 Å². The maximum absolute atomic E-state index is 11.1. The van der Waals surface area contributed by atoms with Gasteiger partial charge in [-0.05, 0) is 33.9 Å². The van der Waals surface area contributed by atoms with Crippen molar-refractivity contribution in [1.82, 2.24) is 0 Å². The molecular formula is C10H18O4Si. The molecule has 0 radical (unpaired) electrons. The second-order valence-corrected chi connectivity index (χ2v) is 6.69. The molecule has 0 aliphatic rings. The van der Waals surface area contributed by atoms with Crippen LogP contribution in [0.15, 0.2) is 12.2 Å². The molecule has 0 atom stereocenters. The van der Waals surface area contributed by atoms with Crippen molar-refractivity contribution in [2.75, 3.05) is 0 Å². The molecule has 0 rings (SSSR count). The smallest absolute Gasteiger partial charge is 0.331 e. The van der Waals surface area contributed by atoms with E-state index in [0.29, 0.717) is 0 Å². The van der Waals surface area contributed by atoms with Crippen LogP contribution < -0.4 is 0 Å². The first-order chi connectivity index (χ1) is 6.70. The van der Waals surface area contributed by atoms with Gasteiger partial charge in [0.05, 0.1) is 0 Å². The number of rotatable bonds is 3. The highest BCUT2D eigenvalue weighted by Gasteiger charge is 2.14. The summed E-state index contributed by atoms with van der Waals surface area (Å²) < 4.78 is 9.91. The van der Waals surface area contributed by atoms with Crippen LogP contribution in [0, 0.1) is 0 Å². The fourth-order valence-corrected chi connectivity index (χ4v) is 1.29. The average Bonchev–Trinajstić information content (AvgIpc) is 1.96. The Hall–Kier alpha value is -1.10. The van der Waals surface area contributed by atoms with Crippen molar-refractivity contribution in [2.45, 2.75) is 39.5 Å². The van der Waals surface area contributed by atoms with Crippen molar-refractivity contribution in [3.05, 3.63) is 12.2 Å². The second-order valence-electron chi connectivity index (χ2n) is 4.35. The Morgan fingerprint density at radius 2 is 1.53 bits per heavy atom. The number of esters is 1. The van der Waals surface area contributed by atoms with E-state index in [1.807, 2.05) is 13.1 Å². The lowest BCUT2D eigenvalue weighted by molar-refractivity contribution is -0.148. The summed E-state index contributed by atoms with van der Waals surface area (Å²) in [6, 6.07) is 0. The van der Waals surface area contributed by atoms with Gasteiger partial charge in [0.15, 0.2) is 0 Å². The zero-order chi connectivity index (χ0) is 12.1. The Kier molecular flexibility index (Phi) is 5.28. The van der Waals surface area contributed by atoms with E-state index in [9.17, 15) is 9.59 Å². The summed E-state index contributed by atoms with van der Waals surface area (Å²) in [4.78, 5) is 22.2. The minimum Gasteiger partial charge on any atom is -0.519 e.